The Morgan fingerprint density at radius 2 is 2.24 bits per heavy atom. The van der Waals surface area contributed by atoms with Gasteiger partial charge in [-0.25, -0.2) is 0 Å². The van der Waals surface area contributed by atoms with Gasteiger partial charge in [0.05, 0.1) is 0 Å². The van der Waals surface area contributed by atoms with E-state index in [0.717, 1.165) is 11.0 Å². The second-order valence-electron chi connectivity index (χ2n) is 4.20. The molecule has 0 aliphatic heterocycles. The number of benzene rings is 1. The van der Waals surface area contributed by atoms with Gasteiger partial charge in [-0.15, -0.1) is 0 Å². The quantitative estimate of drug-likeness (QED) is 0.844. The fourth-order valence-corrected chi connectivity index (χ4v) is 1.53. The van der Waals surface area contributed by atoms with Gasteiger partial charge in [0.15, 0.2) is 5.76 Å². The number of para-hydroxylation sites is 1. The summed E-state index contributed by atoms with van der Waals surface area (Å²) in [7, 11) is 0. The highest BCUT2D eigenvalue weighted by molar-refractivity contribution is 5.96. The number of fused-ring (bicyclic) bond motifs is 1. The molecule has 2 aromatic rings. The molecule has 1 aromatic heterocycles. The molecule has 4 nitrogen and oxygen atoms in total. The number of nitrogens with two attached hydrogens (primary N) is 1. The normalized spacial score (nSPS) is 12.6. The molecule has 0 saturated carbocycles. The summed E-state index contributed by atoms with van der Waals surface area (Å²) in [5.74, 6) is 0.417. The third-order valence-electron chi connectivity index (χ3n) is 2.66. The minimum absolute atomic E-state index is 0.193. The molecule has 4 heteroatoms. The zero-order valence-corrected chi connectivity index (χ0v) is 9.77. The van der Waals surface area contributed by atoms with E-state index in [-0.39, 0.29) is 11.8 Å². The highest BCUT2D eigenvalue weighted by Gasteiger charge is 2.12. The second-order valence-corrected chi connectivity index (χ2v) is 4.20. The standard InChI is InChI=1S/C13H16N2O2/c1-9(7-14)8-15-13(16)12-6-10-4-2-3-5-11(10)17-12/h2-6,9H,7-8,14H2,1H3,(H,15,16). The van der Waals surface area contributed by atoms with Crippen LogP contribution in [0.1, 0.15) is 17.5 Å². The lowest BCUT2D eigenvalue weighted by atomic mass is 10.2. The van der Waals surface area contributed by atoms with E-state index >= 15 is 0 Å². The van der Waals surface area contributed by atoms with Gasteiger partial charge < -0.3 is 15.5 Å². The Kier molecular flexibility index (Phi) is 3.44. The van der Waals surface area contributed by atoms with Crippen LogP contribution in [0.2, 0.25) is 0 Å². The number of hydrogen-bond acceptors (Lipinski definition) is 3. The minimum Gasteiger partial charge on any atom is -0.451 e. The fourth-order valence-electron chi connectivity index (χ4n) is 1.53. The van der Waals surface area contributed by atoms with Crippen LogP contribution in [0.25, 0.3) is 11.0 Å². The van der Waals surface area contributed by atoms with E-state index in [4.69, 9.17) is 10.2 Å². The van der Waals surface area contributed by atoms with E-state index in [1.54, 1.807) is 6.07 Å². The highest BCUT2D eigenvalue weighted by Crippen LogP contribution is 2.18. The summed E-state index contributed by atoms with van der Waals surface area (Å²) in [4.78, 5) is 11.8. The lowest BCUT2D eigenvalue weighted by Gasteiger charge is -2.08. The van der Waals surface area contributed by atoms with Crippen LogP contribution in [0.5, 0.6) is 0 Å². The Hall–Kier alpha value is -1.81. The Morgan fingerprint density at radius 1 is 1.47 bits per heavy atom. The maximum atomic E-state index is 11.8. The molecule has 0 aliphatic rings. The molecule has 3 N–H and O–H groups in total. The molecule has 1 heterocycles. The van der Waals surface area contributed by atoms with Crippen molar-refractivity contribution in [2.24, 2.45) is 11.7 Å². The Balaban J connectivity index is 2.08. The van der Waals surface area contributed by atoms with Crippen LogP contribution in [0.3, 0.4) is 0 Å². The largest absolute Gasteiger partial charge is 0.451 e. The summed E-state index contributed by atoms with van der Waals surface area (Å²) in [5.41, 5.74) is 6.21. The summed E-state index contributed by atoms with van der Waals surface area (Å²) < 4.78 is 5.45. The molecule has 1 aromatic carbocycles. The summed E-state index contributed by atoms with van der Waals surface area (Å²) >= 11 is 0. The zero-order valence-electron chi connectivity index (χ0n) is 9.77. The number of hydrogen-bond donors (Lipinski definition) is 2. The fraction of sp³-hybridized carbons (Fsp3) is 0.308. The molecule has 1 unspecified atom stereocenters. The number of amides is 1. The maximum absolute atomic E-state index is 11.8. The molecule has 17 heavy (non-hydrogen) atoms. The summed E-state index contributed by atoms with van der Waals surface area (Å²) in [6.07, 6.45) is 0. The molecule has 1 atom stereocenters. The molecule has 0 spiro atoms. The van der Waals surface area contributed by atoms with Crippen molar-refractivity contribution in [3.8, 4) is 0 Å². The predicted octanol–water partition coefficient (Wildman–Crippen LogP) is 1.76. The summed E-state index contributed by atoms with van der Waals surface area (Å²) in [6.45, 7) is 3.10. The van der Waals surface area contributed by atoms with Gasteiger partial charge in [-0.05, 0) is 24.6 Å². The lowest BCUT2D eigenvalue weighted by molar-refractivity contribution is 0.0923. The average Bonchev–Trinajstić information content (AvgIpc) is 2.79. The molecular weight excluding hydrogens is 216 g/mol. The van der Waals surface area contributed by atoms with Gasteiger partial charge in [-0.2, -0.15) is 0 Å². The molecule has 0 aliphatic carbocycles. The number of rotatable bonds is 4. The van der Waals surface area contributed by atoms with Gasteiger partial charge in [0.1, 0.15) is 5.58 Å². The first-order valence-corrected chi connectivity index (χ1v) is 5.67. The van der Waals surface area contributed by atoms with E-state index < -0.39 is 0 Å². The molecule has 0 radical (unpaired) electrons. The smallest absolute Gasteiger partial charge is 0.287 e. The first-order chi connectivity index (χ1) is 8.20. The van der Waals surface area contributed by atoms with Gasteiger partial charge in [0, 0.05) is 11.9 Å². The molecule has 2 rings (SSSR count). The van der Waals surface area contributed by atoms with E-state index in [9.17, 15) is 4.79 Å². The Bertz CT molecular complexity index is 486. The third kappa shape index (κ3) is 2.65. The van der Waals surface area contributed by atoms with Crippen LogP contribution in [0.15, 0.2) is 34.7 Å². The van der Waals surface area contributed by atoms with Gasteiger partial charge in [0.2, 0.25) is 0 Å². The molecule has 1 amide bonds. The van der Waals surface area contributed by atoms with E-state index in [1.807, 2.05) is 31.2 Å². The maximum Gasteiger partial charge on any atom is 0.287 e. The van der Waals surface area contributed by atoms with Crippen molar-refractivity contribution in [2.75, 3.05) is 13.1 Å². The van der Waals surface area contributed by atoms with Crippen molar-refractivity contribution in [1.29, 1.82) is 0 Å². The van der Waals surface area contributed by atoms with Crippen molar-refractivity contribution in [1.82, 2.24) is 5.32 Å². The van der Waals surface area contributed by atoms with Crippen LogP contribution in [-0.2, 0) is 0 Å². The van der Waals surface area contributed by atoms with Crippen LogP contribution < -0.4 is 11.1 Å². The number of nitrogens with one attached hydrogen (secondary N) is 1. The SMILES string of the molecule is CC(CN)CNC(=O)c1cc2ccccc2o1. The minimum atomic E-state index is -0.193. The van der Waals surface area contributed by atoms with E-state index in [0.29, 0.717) is 18.8 Å². The van der Waals surface area contributed by atoms with Crippen molar-refractivity contribution < 1.29 is 9.21 Å². The van der Waals surface area contributed by atoms with Crippen LogP contribution >= 0.6 is 0 Å². The van der Waals surface area contributed by atoms with E-state index in [1.165, 1.54) is 0 Å². The molecule has 0 fully saturated rings. The van der Waals surface area contributed by atoms with Gasteiger partial charge >= 0.3 is 0 Å². The zero-order chi connectivity index (χ0) is 12.3. The monoisotopic (exact) mass is 232 g/mol. The predicted molar refractivity (Wildman–Crippen MR) is 66.8 cm³/mol. The number of furan rings is 1. The van der Waals surface area contributed by atoms with Crippen LogP contribution in [-0.4, -0.2) is 19.0 Å². The van der Waals surface area contributed by atoms with Gasteiger partial charge in [-0.3, -0.25) is 4.79 Å². The highest BCUT2D eigenvalue weighted by atomic mass is 16.3. The summed E-state index contributed by atoms with van der Waals surface area (Å²) in [5, 5.41) is 3.73. The first kappa shape index (κ1) is 11.7. The topological polar surface area (TPSA) is 68.3 Å². The summed E-state index contributed by atoms with van der Waals surface area (Å²) in [6, 6.07) is 9.30. The molecule has 0 saturated heterocycles. The van der Waals surface area contributed by atoms with Gasteiger partial charge in [0.25, 0.3) is 5.91 Å². The van der Waals surface area contributed by atoms with Crippen molar-refractivity contribution >= 4 is 16.9 Å². The van der Waals surface area contributed by atoms with Crippen LogP contribution in [0.4, 0.5) is 0 Å². The lowest BCUT2D eigenvalue weighted by Crippen LogP contribution is -2.30. The number of carbonyl (C=O) groups excluding carboxylic acids is 1. The molecule has 90 valence electrons. The van der Waals surface area contributed by atoms with Crippen molar-refractivity contribution in [3.05, 3.63) is 36.1 Å². The number of carbonyl (C=O) groups is 1. The Labute approximate surface area is 99.8 Å². The van der Waals surface area contributed by atoms with Gasteiger partial charge in [-0.1, -0.05) is 25.1 Å². The molecule has 0 bridgehead atoms. The average molecular weight is 232 g/mol. The second kappa shape index (κ2) is 5.01. The van der Waals surface area contributed by atoms with E-state index in [2.05, 4.69) is 5.32 Å². The van der Waals surface area contributed by atoms with Crippen molar-refractivity contribution in [2.45, 2.75) is 6.92 Å². The first-order valence-electron chi connectivity index (χ1n) is 5.67. The van der Waals surface area contributed by atoms with Crippen LogP contribution in [0, 0.1) is 5.92 Å². The van der Waals surface area contributed by atoms with Crippen molar-refractivity contribution in [3.63, 3.8) is 0 Å². The third-order valence-corrected chi connectivity index (χ3v) is 2.66. The Morgan fingerprint density at radius 3 is 2.94 bits per heavy atom. The molecular formula is C13H16N2O2.